The number of nitrogens with two attached hydrogens (primary N) is 1. The number of hydrogen-bond acceptors (Lipinski definition) is 2. The minimum atomic E-state index is 0.217. The summed E-state index contributed by atoms with van der Waals surface area (Å²) in [6.07, 6.45) is 5.10. The molecule has 0 heterocycles. The molecule has 1 fully saturated rings. The first-order valence-corrected chi connectivity index (χ1v) is 6.58. The normalized spacial score (nSPS) is 27.6. The van der Waals surface area contributed by atoms with Gasteiger partial charge in [-0.25, -0.2) is 0 Å². The summed E-state index contributed by atoms with van der Waals surface area (Å²) >= 11 is 0. The largest absolute Gasteiger partial charge is 0.497 e. The smallest absolute Gasteiger partial charge is 0.119 e. The number of rotatable bonds is 5. The van der Waals surface area contributed by atoms with Crippen molar-refractivity contribution in [3.8, 4) is 5.75 Å². The van der Waals surface area contributed by atoms with E-state index >= 15 is 0 Å². The molecule has 0 spiro atoms. The highest BCUT2D eigenvalue weighted by molar-refractivity contribution is 5.36. The number of benzene rings is 1. The molecule has 1 aromatic carbocycles. The Balaban J connectivity index is 2.13. The van der Waals surface area contributed by atoms with E-state index in [9.17, 15) is 0 Å². The lowest BCUT2D eigenvalue weighted by Gasteiger charge is -2.48. The fraction of sp³-hybridized carbons (Fsp3) is 0.600. The van der Waals surface area contributed by atoms with Crippen LogP contribution in [0.3, 0.4) is 0 Å². The quantitative estimate of drug-likeness (QED) is 0.848. The Labute approximate surface area is 104 Å². The van der Waals surface area contributed by atoms with Crippen LogP contribution in [-0.4, -0.2) is 13.7 Å². The molecular weight excluding hydrogens is 210 g/mol. The molecule has 0 amide bonds. The minimum absolute atomic E-state index is 0.217. The van der Waals surface area contributed by atoms with Gasteiger partial charge in [-0.2, -0.15) is 0 Å². The molecule has 0 aromatic heterocycles. The molecule has 0 saturated heterocycles. The van der Waals surface area contributed by atoms with Crippen molar-refractivity contribution in [2.45, 2.75) is 38.0 Å². The molecule has 94 valence electrons. The first kappa shape index (κ1) is 12.4. The fourth-order valence-electron chi connectivity index (χ4n) is 3.13. The molecule has 2 rings (SSSR count). The molecule has 1 aliphatic carbocycles. The van der Waals surface area contributed by atoms with E-state index < -0.39 is 0 Å². The van der Waals surface area contributed by atoms with Gasteiger partial charge in [-0.3, -0.25) is 0 Å². The summed E-state index contributed by atoms with van der Waals surface area (Å²) in [4.78, 5) is 0. The van der Waals surface area contributed by atoms with Gasteiger partial charge < -0.3 is 10.5 Å². The molecule has 1 aromatic rings. The predicted molar refractivity (Wildman–Crippen MR) is 71.4 cm³/mol. The highest BCUT2D eigenvalue weighted by atomic mass is 16.5. The van der Waals surface area contributed by atoms with E-state index in [0.717, 1.165) is 18.2 Å². The molecule has 0 radical (unpaired) electrons. The third kappa shape index (κ3) is 2.32. The van der Waals surface area contributed by atoms with E-state index in [1.54, 1.807) is 7.11 Å². The maximum atomic E-state index is 6.01. The number of methoxy groups -OCH3 is 1. The molecule has 17 heavy (non-hydrogen) atoms. The lowest BCUT2D eigenvalue weighted by atomic mass is 9.57. The monoisotopic (exact) mass is 233 g/mol. The topological polar surface area (TPSA) is 35.2 Å². The summed E-state index contributed by atoms with van der Waals surface area (Å²) in [6, 6.07) is 8.40. The van der Waals surface area contributed by atoms with Crippen molar-refractivity contribution in [1.82, 2.24) is 0 Å². The molecule has 1 aliphatic rings. The SMILES string of the molecule is CCCC1CC(CN)(c2cccc(OC)c2)C1. The Morgan fingerprint density at radius 1 is 1.41 bits per heavy atom. The van der Waals surface area contributed by atoms with Crippen LogP contribution in [-0.2, 0) is 5.41 Å². The van der Waals surface area contributed by atoms with Crippen LogP contribution >= 0.6 is 0 Å². The van der Waals surface area contributed by atoms with Crippen LogP contribution in [0.15, 0.2) is 24.3 Å². The minimum Gasteiger partial charge on any atom is -0.497 e. The highest BCUT2D eigenvalue weighted by Gasteiger charge is 2.43. The summed E-state index contributed by atoms with van der Waals surface area (Å²) in [5.74, 6) is 1.81. The van der Waals surface area contributed by atoms with Crippen LogP contribution in [0.5, 0.6) is 5.75 Å². The van der Waals surface area contributed by atoms with Crippen molar-refractivity contribution in [2.24, 2.45) is 11.7 Å². The first-order chi connectivity index (χ1) is 8.24. The van der Waals surface area contributed by atoms with Gasteiger partial charge in [-0.15, -0.1) is 0 Å². The third-order valence-electron chi connectivity index (χ3n) is 4.13. The second kappa shape index (κ2) is 5.09. The Morgan fingerprint density at radius 2 is 2.18 bits per heavy atom. The molecule has 2 nitrogen and oxygen atoms in total. The molecule has 2 N–H and O–H groups in total. The Bertz CT molecular complexity index is 369. The average molecular weight is 233 g/mol. The Kier molecular flexibility index (Phi) is 3.72. The van der Waals surface area contributed by atoms with E-state index in [1.165, 1.54) is 31.2 Å². The van der Waals surface area contributed by atoms with Crippen molar-refractivity contribution < 1.29 is 4.74 Å². The summed E-state index contributed by atoms with van der Waals surface area (Å²) in [6.45, 7) is 3.01. The summed E-state index contributed by atoms with van der Waals surface area (Å²) in [7, 11) is 1.72. The van der Waals surface area contributed by atoms with Crippen molar-refractivity contribution in [3.63, 3.8) is 0 Å². The Hall–Kier alpha value is -1.02. The van der Waals surface area contributed by atoms with Crippen molar-refractivity contribution in [2.75, 3.05) is 13.7 Å². The predicted octanol–water partition coefficient (Wildman–Crippen LogP) is 3.10. The van der Waals surface area contributed by atoms with Crippen molar-refractivity contribution in [1.29, 1.82) is 0 Å². The fourth-order valence-corrected chi connectivity index (χ4v) is 3.13. The van der Waals surface area contributed by atoms with Gasteiger partial charge in [0.2, 0.25) is 0 Å². The van der Waals surface area contributed by atoms with E-state index in [0.29, 0.717) is 0 Å². The van der Waals surface area contributed by atoms with E-state index in [1.807, 2.05) is 6.07 Å². The molecule has 0 aliphatic heterocycles. The van der Waals surface area contributed by atoms with Crippen molar-refractivity contribution >= 4 is 0 Å². The van der Waals surface area contributed by atoms with Gasteiger partial charge >= 0.3 is 0 Å². The van der Waals surface area contributed by atoms with Crippen molar-refractivity contribution in [3.05, 3.63) is 29.8 Å². The molecule has 0 bridgehead atoms. The summed E-state index contributed by atoms with van der Waals surface area (Å²) in [5, 5.41) is 0. The van der Waals surface area contributed by atoms with E-state index in [-0.39, 0.29) is 5.41 Å². The summed E-state index contributed by atoms with van der Waals surface area (Å²) < 4.78 is 5.30. The zero-order chi connectivity index (χ0) is 12.3. The maximum Gasteiger partial charge on any atom is 0.119 e. The van der Waals surface area contributed by atoms with Gasteiger partial charge in [0, 0.05) is 12.0 Å². The summed E-state index contributed by atoms with van der Waals surface area (Å²) in [5.41, 5.74) is 7.58. The molecule has 0 unspecified atom stereocenters. The van der Waals surface area contributed by atoms with E-state index in [4.69, 9.17) is 10.5 Å². The Morgan fingerprint density at radius 3 is 2.76 bits per heavy atom. The zero-order valence-corrected chi connectivity index (χ0v) is 10.9. The van der Waals surface area contributed by atoms with Gasteiger partial charge in [0.05, 0.1) is 7.11 Å². The first-order valence-electron chi connectivity index (χ1n) is 6.58. The number of ether oxygens (including phenoxy) is 1. The average Bonchev–Trinajstić information content (AvgIpc) is 2.33. The maximum absolute atomic E-state index is 6.01. The zero-order valence-electron chi connectivity index (χ0n) is 10.9. The van der Waals surface area contributed by atoms with Gasteiger partial charge in [-0.05, 0) is 36.5 Å². The lowest BCUT2D eigenvalue weighted by Crippen LogP contribution is -2.47. The van der Waals surface area contributed by atoms with Crippen LogP contribution in [0.1, 0.15) is 38.2 Å². The third-order valence-corrected chi connectivity index (χ3v) is 4.13. The van der Waals surface area contributed by atoms with Crippen LogP contribution < -0.4 is 10.5 Å². The van der Waals surface area contributed by atoms with Crippen LogP contribution in [0, 0.1) is 5.92 Å². The number of hydrogen-bond donors (Lipinski definition) is 1. The van der Waals surface area contributed by atoms with Gasteiger partial charge in [-0.1, -0.05) is 31.9 Å². The van der Waals surface area contributed by atoms with Crippen LogP contribution in [0.25, 0.3) is 0 Å². The second-order valence-electron chi connectivity index (χ2n) is 5.28. The van der Waals surface area contributed by atoms with Crippen LogP contribution in [0.2, 0.25) is 0 Å². The molecule has 1 saturated carbocycles. The molecule has 0 atom stereocenters. The molecule has 2 heteroatoms. The highest BCUT2D eigenvalue weighted by Crippen LogP contribution is 2.49. The van der Waals surface area contributed by atoms with Crippen LogP contribution in [0.4, 0.5) is 0 Å². The van der Waals surface area contributed by atoms with Gasteiger partial charge in [0.15, 0.2) is 0 Å². The van der Waals surface area contributed by atoms with E-state index in [2.05, 4.69) is 25.1 Å². The second-order valence-corrected chi connectivity index (χ2v) is 5.28. The molecular formula is C15H23NO. The van der Waals surface area contributed by atoms with Gasteiger partial charge in [0.25, 0.3) is 0 Å². The van der Waals surface area contributed by atoms with Gasteiger partial charge in [0.1, 0.15) is 5.75 Å². The standard InChI is InChI=1S/C15H23NO/c1-3-5-12-9-15(10-12,11-16)13-6-4-7-14(8-13)17-2/h4,6-8,12H,3,5,9-11,16H2,1-2H3. The lowest BCUT2D eigenvalue weighted by molar-refractivity contribution is 0.138.